The Balaban J connectivity index is 2.75. The van der Waals surface area contributed by atoms with Gasteiger partial charge in [-0.05, 0) is 11.4 Å². The van der Waals surface area contributed by atoms with Gasteiger partial charge in [0.25, 0.3) is 0 Å². The van der Waals surface area contributed by atoms with Crippen molar-refractivity contribution >= 4 is 20.2 Å². The summed E-state index contributed by atoms with van der Waals surface area (Å²) in [6.45, 7) is 0. The van der Waals surface area contributed by atoms with Crippen LogP contribution in [-0.2, 0) is 0 Å². The summed E-state index contributed by atoms with van der Waals surface area (Å²) in [4.78, 5) is 3.98. The monoisotopic (exact) mass is 155 g/mol. The van der Waals surface area contributed by atoms with E-state index in [-0.39, 0.29) is 0 Å². The van der Waals surface area contributed by atoms with Crippen LogP contribution in [0.15, 0.2) is 18.5 Å². The van der Waals surface area contributed by atoms with E-state index < -0.39 is 0 Å². The predicted molar refractivity (Wildman–Crippen MR) is 46.3 cm³/mol. The maximum absolute atomic E-state index is 3.98. The molecular weight excluding hydrogens is 145 g/mol. The number of hydrogen-bond donors (Lipinski definition) is 2. The van der Waals surface area contributed by atoms with Crippen molar-refractivity contribution in [3.8, 4) is 0 Å². The second-order valence-electron chi connectivity index (χ2n) is 1.88. The third-order valence-electron chi connectivity index (χ3n) is 1.03. The first-order chi connectivity index (χ1) is 4.83. The molecule has 0 fully saturated rings. The molecule has 1 heterocycles. The highest BCUT2D eigenvalue weighted by Gasteiger charge is 1.88. The average Bonchev–Trinajstić information content (AvgIpc) is 1.88. The molecule has 1 rings (SSSR count). The molecular formula is C6H10N3P. The van der Waals surface area contributed by atoms with E-state index in [9.17, 15) is 0 Å². The first kappa shape index (κ1) is 7.45. The van der Waals surface area contributed by atoms with Gasteiger partial charge in [-0.2, -0.15) is 0 Å². The van der Waals surface area contributed by atoms with E-state index in [0.717, 1.165) is 11.0 Å². The topological polar surface area (TPSA) is 37.0 Å². The van der Waals surface area contributed by atoms with Crippen LogP contribution in [0.1, 0.15) is 0 Å². The Labute approximate surface area is 62.4 Å². The van der Waals surface area contributed by atoms with Crippen molar-refractivity contribution in [3.05, 3.63) is 18.5 Å². The minimum atomic E-state index is 0.968. The van der Waals surface area contributed by atoms with Crippen LogP contribution in [0.25, 0.3) is 0 Å². The van der Waals surface area contributed by atoms with Crippen LogP contribution < -0.4 is 16.2 Å². The molecule has 3 nitrogen and oxygen atoms in total. The third-order valence-corrected chi connectivity index (χ3v) is 1.34. The summed E-state index contributed by atoms with van der Waals surface area (Å²) in [5.74, 6) is 0. The van der Waals surface area contributed by atoms with Gasteiger partial charge in [-0.15, -0.1) is 9.24 Å². The fraction of sp³-hybridized carbons (Fsp3) is 0.167. The van der Waals surface area contributed by atoms with Crippen molar-refractivity contribution in [2.75, 3.05) is 12.5 Å². The summed E-state index contributed by atoms with van der Waals surface area (Å²) in [5, 5.41) is 1.07. The largest absolute Gasteiger partial charge is 0.320 e. The molecule has 0 aliphatic heterocycles. The second kappa shape index (κ2) is 3.49. The Morgan fingerprint density at radius 1 is 1.50 bits per heavy atom. The summed E-state index contributed by atoms with van der Waals surface area (Å²) in [7, 11) is 4.40. The summed E-state index contributed by atoms with van der Waals surface area (Å²) in [6, 6.07) is 1.98. The lowest BCUT2D eigenvalue weighted by Crippen LogP contribution is -2.15. The molecule has 0 aliphatic carbocycles. The smallest absolute Gasteiger partial charge is 0.0677 e. The Kier molecular flexibility index (Phi) is 2.60. The van der Waals surface area contributed by atoms with Crippen molar-refractivity contribution in [1.29, 1.82) is 0 Å². The lowest BCUT2D eigenvalue weighted by atomic mass is 10.4. The molecule has 1 unspecified atom stereocenters. The average molecular weight is 155 g/mol. The van der Waals surface area contributed by atoms with Gasteiger partial charge < -0.3 is 5.43 Å². The predicted octanol–water partition coefficient (Wildman–Crippen LogP) is 0.128. The highest BCUT2D eigenvalue weighted by atomic mass is 31.0. The van der Waals surface area contributed by atoms with Gasteiger partial charge in [-0.1, -0.05) is 0 Å². The molecule has 0 bridgehead atoms. The molecule has 10 heavy (non-hydrogen) atoms. The van der Waals surface area contributed by atoms with Crippen molar-refractivity contribution < 1.29 is 0 Å². The van der Waals surface area contributed by atoms with E-state index in [0.29, 0.717) is 0 Å². The van der Waals surface area contributed by atoms with Crippen molar-refractivity contribution in [3.63, 3.8) is 0 Å². The van der Waals surface area contributed by atoms with Gasteiger partial charge in [0, 0.05) is 13.2 Å². The van der Waals surface area contributed by atoms with Gasteiger partial charge in [-0.25, -0.2) is 5.43 Å². The zero-order valence-corrected chi connectivity index (χ0v) is 6.91. The number of nitrogens with one attached hydrogen (secondary N) is 2. The van der Waals surface area contributed by atoms with E-state index in [1.807, 2.05) is 13.1 Å². The maximum Gasteiger partial charge on any atom is 0.0677 e. The number of pyridine rings is 1. The van der Waals surface area contributed by atoms with Gasteiger partial charge >= 0.3 is 0 Å². The molecule has 0 saturated heterocycles. The molecule has 0 amide bonds. The second-order valence-corrected chi connectivity index (χ2v) is 2.55. The fourth-order valence-electron chi connectivity index (χ4n) is 0.670. The zero-order valence-electron chi connectivity index (χ0n) is 5.76. The van der Waals surface area contributed by atoms with Crippen LogP contribution in [0, 0.1) is 0 Å². The van der Waals surface area contributed by atoms with Gasteiger partial charge in [0.1, 0.15) is 0 Å². The zero-order chi connectivity index (χ0) is 7.40. The first-order valence-corrected chi connectivity index (χ1v) is 3.54. The van der Waals surface area contributed by atoms with Crippen LogP contribution in [0.4, 0.5) is 5.69 Å². The third kappa shape index (κ3) is 1.94. The highest BCUT2D eigenvalue weighted by Crippen LogP contribution is 2.00. The molecule has 1 atom stereocenters. The van der Waals surface area contributed by atoms with E-state index in [1.165, 1.54) is 0 Å². The van der Waals surface area contributed by atoms with Gasteiger partial charge in [0.2, 0.25) is 0 Å². The Morgan fingerprint density at radius 3 is 2.90 bits per heavy atom. The molecule has 1 aromatic heterocycles. The summed E-state index contributed by atoms with van der Waals surface area (Å²) in [5.41, 5.74) is 6.70. The standard InChI is InChI=1S/C6H10N3P/c1-7-9-5-2-6(10)4-8-3-5/h2-4,7,9H,10H2,1H3. The number of anilines is 1. The molecule has 1 aromatic rings. The number of aromatic nitrogens is 1. The SMILES string of the molecule is CNNc1cncc(P)c1. The van der Waals surface area contributed by atoms with E-state index in [2.05, 4.69) is 25.1 Å². The number of hydrogen-bond acceptors (Lipinski definition) is 3. The summed E-state index contributed by atoms with van der Waals surface area (Å²) < 4.78 is 0. The van der Waals surface area contributed by atoms with Crippen LogP contribution in [0.5, 0.6) is 0 Å². The first-order valence-electron chi connectivity index (χ1n) is 2.96. The molecule has 0 spiro atoms. The Bertz CT molecular complexity index is 214. The molecule has 54 valence electrons. The number of rotatable bonds is 2. The Hall–Kier alpha value is -0.660. The van der Waals surface area contributed by atoms with Crippen LogP contribution in [0.2, 0.25) is 0 Å². The normalized spacial score (nSPS) is 9.40. The molecule has 2 N–H and O–H groups in total. The van der Waals surface area contributed by atoms with Gasteiger partial charge in [0.15, 0.2) is 0 Å². The summed E-state index contributed by atoms with van der Waals surface area (Å²) >= 11 is 0. The van der Waals surface area contributed by atoms with Crippen LogP contribution in [-0.4, -0.2) is 12.0 Å². The number of hydrazine groups is 1. The van der Waals surface area contributed by atoms with E-state index in [1.54, 1.807) is 12.4 Å². The van der Waals surface area contributed by atoms with Crippen LogP contribution >= 0.6 is 9.24 Å². The van der Waals surface area contributed by atoms with E-state index in [4.69, 9.17) is 0 Å². The highest BCUT2D eigenvalue weighted by molar-refractivity contribution is 7.27. The van der Waals surface area contributed by atoms with Gasteiger partial charge in [-0.3, -0.25) is 4.98 Å². The lowest BCUT2D eigenvalue weighted by molar-refractivity contribution is 0.981. The van der Waals surface area contributed by atoms with Crippen LogP contribution in [0.3, 0.4) is 0 Å². The fourth-order valence-corrected chi connectivity index (χ4v) is 0.936. The molecule has 0 aliphatic rings. The van der Waals surface area contributed by atoms with Gasteiger partial charge in [0.05, 0.1) is 11.9 Å². The van der Waals surface area contributed by atoms with Crippen molar-refractivity contribution in [2.45, 2.75) is 0 Å². The quantitative estimate of drug-likeness (QED) is 0.470. The summed E-state index contributed by atoms with van der Waals surface area (Å²) in [6.07, 6.45) is 3.54. The molecule has 4 heteroatoms. The van der Waals surface area contributed by atoms with E-state index >= 15 is 0 Å². The maximum atomic E-state index is 3.98. The number of nitrogens with zero attached hydrogens (tertiary/aromatic N) is 1. The molecule has 0 radical (unpaired) electrons. The lowest BCUT2D eigenvalue weighted by Gasteiger charge is -2.02. The van der Waals surface area contributed by atoms with Crippen molar-refractivity contribution in [1.82, 2.24) is 10.4 Å². The molecule has 0 aromatic carbocycles. The Morgan fingerprint density at radius 2 is 2.30 bits per heavy atom. The minimum Gasteiger partial charge on any atom is -0.320 e. The minimum absolute atomic E-state index is 0.968. The van der Waals surface area contributed by atoms with Crippen molar-refractivity contribution in [2.24, 2.45) is 0 Å². The molecule has 0 saturated carbocycles.